The lowest BCUT2D eigenvalue weighted by molar-refractivity contribution is -0.687. The van der Waals surface area contributed by atoms with E-state index in [-0.39, 0.29) is 18.4 Å². The van der Waals surface area contributed by atoms with Gasteiger partial charge in [-0.05, 0) is 31.4 Å². The van der Waals surface area contributed by atoms with Gasteiger partial charge >= 0.3 is 0 Å². The molecule has 6 nitrogen and oxygen atoms in total. The second kappa shape index (κ2) is 7.91. The van der Waals surface area contributed by atoms with Gasteiger partial charge in [0.2, 0.25) is 5.91 Å². The highest BCUT2D eigenvalue weighted by Crippen LogP contribution is 2.13. The zero-order valence-corrected chi connectivity index (χ0v) is 12.7. The minimum atomic E-state index is -1.22. The highest BCUT2D eigenvalue weighted by molar-refractivity contribution is 5.93. The van der Waals surface area contributed by atoms with E-state index in [1.165, 1.54) is 0 Å². The van der Waals surface area contributed by atoms with Crippen LogP contribution in [0.2, 0.25) is 0 Å². The van der Waals surface area contributed by atoms with Gasteiger partial charge in [-0.15, -0.1) is 0 Å². The van der Waals surface area contributed by atoms with E-state index in [0.29, 0.717) is 12.2 Å². The molecule has 1 fully saturated rings. The fraction of sp³-hybridized carbons (Fsp3) is 0.500. The largest absolute Gasteiger partial charge is 0.544 e. The van der Waals surface area contributed by atoms with E-state index in [9.17, 15) is 14.7 Å². The SMILES string of the molecule is Cc1ccccc1NC(=O)C[C@@H]([NH2+]C[C@H]1CCCO1)C(=O)[O-]. The van der Waals surface area contributed by atoms with Crippen LogP contribution in [0.3, 0.4) is 0 Å². The molecule has 120 valence electrons. The smallest absolute Gasteiger partial charge is 0.230 e. The van der Waals surface area contributed by atoms with Crippen molar-refractivity contribution in [1.29, 1.82) is 0 Å². The third-order valence-corrected chi connectivity index (χ3v) is 3.83. The monoisotopic (exact) mass is 306 g/mol. The molecule has 0 spiro atoms. The van der Waals surface area contributed by atoms with Gasteiger partial charge in [-0.2, -0.15) is 0 Å². The van der Waals surface area contributed by atoms with E-state index >= 15 is 0 Å². The Balaban J connectivity index is 1.85. The number of carboxylic acids is 1. The number of carbonyl (C=O) groups is 2. The van der Waals surface area contributed by atoms with E-state index < -0.39 is 12.0 Å². The van der Waals surface area contributed by atoms with Crippen molar-refractivity contribution in [3.63, 3.8) is 0 Å². The topological polar surface area (TPSA) is 95.1 Å². The summed E-state index contributed by atoms with van der Waals surface area (Å²) in [6.45, 7) is 3.15. The molecule has 3 N–H and O–H groups in total. The van der Waals surface area contributed by atoms with Crippen molar-refractivity contribution in [1.82, 2.24) is 0 Å². The van der Waals surface area contributed by atoms with Gasteiger partial charge in [0.25, 0.3) is 0 Å². The number of hydrogen-bond acceptors (Lipinski definition) is 4. The predicted octanol–water partition coefficient (Wildman–Crippen LogP) is -0.815. The average Bonchev–Trinajstić information content (AvgIpc) is 2.99. The van der Waals surface area contributed by atoms with Crippen LogP contribution in [0.4, 0.5) is 5.69 Å². The molecule has 1 saturated heterocycles. The van der Waals surface area contributed by atoms with Crippen LogP contribution >= 0.6 is 0 Å². The fourth-order valence-corrected chi connectivity index (χ4v) is 2.52. The number of ether oxygens (including phenoxy) is 1. The number of amides is 1. The molecule has 1 amide bonds. The first-order chi connectivity index (χ1) is 10.6. The zero-order valence-electron chi connectivity index (χ0n) is 12.7. The fourth-order valence-electron chi connectivity index (χ4n) is 2.52. The van der Waals surface area contributed by atoms with Crippen LogP contribution in [-0.2, 0) is 14.3 Å². The molecule has 0 aliphatic carbocycles. The quantitative estimate of drug-likeness (QED) is 0.688. The van der Waals surface area contributed by atoms with Crippen molar-refractivity contribution < 1.29 is 24.7 Å². The summed E-state index contributed by atoms with van der Waals surface area (Å²) in [5.74, 6) is -1.55. The van der Waals surface area contributed by atoms with Crippen LogP contribution in [0, 0.1) is 6.92 Å². The number of nitrogens with one attached hydrogen (secondary N) is 1. The lowest BCUT2D eigenvalue weighted by Gasteiger charge is -2.18. The first-order valence-electron chi connectivity index (χ1n) is 7.57. The van der Waals surface area contributed by atoms with Crippen molar-refractivity contribution in [2.45, 2.75) is 38.3 Å². The number of hydrogen-bond donors (Lipinski definition) is 2. The van der Waals surface area contributed by atoms with Crippen LogP contribution in [-0.4, -0.2) is 37.2 Å². The van der Waals surface area contributed by atoms with Crippen molar-refractivity contribution >= 4 is 17.6 Å². The Bertz CT molecular complexity index is 527. The van der Waals surface area contributed by atoms with Gasteiger partial charge in [0.05, 0.1) is 12.4 Å². The maximum Gasteiger partial charge on any atom is 0.230 e. The highest BCUT2D eigenvalue weighted by Gasteiger charge is 2.23. The van der Waals surface area contributed by atoms with E-state index in [1.807, 2.05) is 25.1 Å². The number of aliphatic carboxylic acids is 1. The summed E-state index contributed by atoms with van der Waals surface area (Å²) in [6, 6.07) is 6.48. The Morgan fingerprint density at radius 1 is 1.45 bits per heavy atom. The van der Waals surface area contributed by atoms with Gasteiger partial charge in [0, 0.05) is 12.3 Å². The molecule has 22 heavy (non-hydrogen) atoms. The number of carboxylic acid groups (broad SMARTS) is 1. The predicted molar refractivity (Wildman–Crippen MR) is 79.0 cm³/mol. The van der Waals surface area contributed by atoms with Crippen molar-refractivity contribution in [3.8, 4) is 0 Å². The summed E-state index contributed by atoms with van der Waals surface area (Å²) in [4.78, 5) is 23.2. The number of nitrogens with two attached hydrogens (primary N) is 1. The zero-order chi connectivity index (χ0) is 15.9. The standard InChI is InChI=1S/C16H22N2O4/c1-11-5-2-3-7-13(11)18-15(19)9-14(16(20)21)17-10-12-6-4-8-22-12/h2-3,5,7,12,14,17H,4,6,8-10H2,1H3,(H,18,19)(H,20,21)/t12-,14-/m1/s1. The van der Waals surface area contributed by atoms with Gasteiger partial charge in [0.1, 0.15) is 18.7 Å². The van der Waals surface area contributed by atoms with Gasteiger partial charge in [-0.3, -0.25) is 4.79 Å². The maximum atomic E-state index is 12.0. The van der Waals surface area contributed by atoms with Crippen LogP contribution in [0.1, 0.15) is 24.8 Å². The molecule has 2 rings (SSSR count). The van der Waals surface area contributed by atoms with Gasteiger partial charge in [-0.25, -0.2) is 0 Å². The van der Waals surface area contributed by atoms with Gasteiger partial charge < -0.3 is 25.3 Å². The molecule has 0 unspecified atom stereocenters. The van der Waals surface area contributed by atoms with Crippen molar-refractivity contribution in [3.05, 3.63) is 29.8 Å². The summed E-state index contributed by atoms with van der Waals surface area (Å²) < 4.78 is 5.45. The minimum Gasteiger partial charge on any atom is -0.544 e. The van der Waals surface area contributed by atoms with E-state index in [2.05, 4.69) is 5.32 Å². The van der Waals surface area contributed by atoms with Crippen molar-refractivity contribution in [2.24, 2.45) is 0 Å². The minimum absolute atomic E-state index is 0.0706. The molecule has 1 aliphatic rings. The summed E-state index contributed by atoms with van der Waals surface area (Å²) >= 11 is 0. The van der Waals surface area contributed by atoms with Crippen LogP contribution in [0.5, 0.6) is 0 Å². The molecule has 1 aromatic carbocycles. The number of benzene rings is 1. The first kappa shape index (κ1) is 16.5. The number of aryl methyl sites for hydroxylation is 1. The summed E-state index contributed by atoms with van der Waals surface area (Å²) in [6.07, 6.45) is 1.89. The third-order valence-electron chi connectivity index (χ3n) is 3.83. The molecular weight excluding hydrogens is 284 g/mol. The summed E-state index contributed by atoms with van der Waals surface area (Å²) in [7, 11) is 0. The Hall–Kier alpha value is -1.92. The second-order valence-corrected chi connectivity index (χ2v) is 5.60. The highest BCUT2D eigenvalue weighted by atomic mass is 16.5. The Labute approximate surface area is 129 Å². The second-order valence-electron chi connectivity index (χ2n) is 5.60. The molecular formula is C16H22N2O4. The number of carbonyl (C=O) groups excluding carboxylic acids is 2. The average molecular weight is 306 g/mol. The number of quaternary nitrogens is 1. The lowest BCUT2D eigenvalue weighted by atomic mass is 10.1. The molecule has 1 aromatic rings. The summed E-state index contributed by atoms with van der Waals surface area (Å²) in [5, 5.41) is 15.6. The van der Waals surface area contributed by atoms with Crippen molar-refractivity contribution in [2.75, 3.05) is 18.5 Å². The molecule has 1 heterocycles. The number of anilines is 1. The van der Waals surface area contributed by atoms with E-state index in [0.717, 1.165) is 25.0 Å². The molecule has 6 heteroatoms. The Morgan fingerprint density at radius 2 is 2.23 bits per heavy atom. The van der Waals surface area contributed by atoms with Crippen LogP contribution in [0.25, 0.3) is 0 Å². The third kappa shape index (κ3) is 4.82. The Kier molecular flexibility index (Phi) is 5.91. The van der Waals surface area contributed by atoms with Gasteiger partial charge in [-0.1, -0.05) is 18.2 Å². The number of para-hydroxylation sites is 1. The molecule has 2 atom stereocenters. The normalized spacial score (nSPS) is 18.9. The van der Waals surface area contributed by atoms with E-state index in [4.69, 9.17) is 4.74 Å². The molecule has 0 bridgehead atoms. The molecule has 0 saturated carbocycles. The summed E-state index contributed by atoms with van der Waals surface area (Å²) in [5.41, 5.74) is 1.63. The molecule has 0 radical (unpaired) electrons. The van der Waals surface area contributed by atoms with E-state index in [1.54, 1.807) is 11.4 Å². The number of rotatable bonds is 7. The first-order valence-corrected chi connectivity index (χ1v) is 7.57. The van der Waals surface area contributed by atoms with Crippen LogP contribution < -0.4 is 15.7 Å². The maximum absolute atomic E-state index is 12.0. The molecule has 1 aliphatic heterocycles. The Morgan fingerprint density at radius 3 is 2.86 bits per heavy atom. The van der Waals surface area contributed by atoms with Gasteiger partial charge in [0.15, 0.2) is 0 Å². The molecule has 0 aromatic heterocycles. The lowest BCUT2D eigenvalue weighted by Crippen LogP contribution is -2.94. The van der Waals surface area contributed by atoms with Crippen LogP contribution in [0.15, 0.2) is 24.3 Å².